The number of hydrogen-bond acceptors (Lipinski definition) is 2. The molecule has 4 heteroatoms. The Kier molecular flexibility index (Phi) is 3.29. The quantitative estimate of drug-likeness (QED) is 0.801. The van der Waals surface area contributed by atoms with E-state index >= 15 is 0 Å². The Labute approximate surface area is 95.1 Å². The van der Waals surface area contributed by atoms with E-state index in [4.69, 9.17) is 5.73 Å². The highest BCUT2D eigenvalue weighted by molar-refractivity contribution is 5.73. The van der Waals surface area contributed by atoms with Crippen molar-refractivity contribution in [3.63, 3.8) is 0 Å². The Bertz CT molecular complexity index is 384. The summed E-state index contributed by atoms with van der Waals surface area (Å²) >= 11 is 0. The van der Waals surface area contributed by atoms with E-state index in [0.717, 1.165) is 37.8 Å². The third kappa shape index (κ3) is 2.27. The number of nitrogens with two attached hydrogens (primary N) is 1. The summed E-state index contributed by atoms with van der Waals surface area (Å²) in [7, 11) is 0. The Morgan fingerprint density at radius 2 is 2.44 bits per heavy atom. The molecule has 1 aliphatic carbocycles. The van der Waals surface area contributed by atoms with Gasteiger partial charge < -0.3 is 15.4 Å². The van der Waals surface area contributed by atoms with Crippen molar-refractivity contribution in [2.45, 2.75) is 44.8 Å². The SMILES string of the molecule is NC(=O)CCCn1ccc2c1CCCC2O. The maximum Gasteiger partial charge on any atom is 0.217 e. The lowest BCUT2D eigenvalue weighted by atomic mass is 9.95. The molecule has 1 heterocycles. The lowest BCUT2D eigenvalue weighted by molar-refractivity contribution is -0.118. The topological polar surface area (TPSA) is 68.2 Å². The van der Waals surface area contributed by atoms with Crippen LogP contribution in [0.25, 0.3) is 0 Å². The zero-order valence-electron chi connectivity index (χ0n) is 9.35. The van der Waals surface area contributed by atoms with Crippen LogP contribution in [-0.4, -0.2) is 15.6 Å². The van der Waals surface area contributed by atoms with Crippen molar-refractivity contribution in [2.24, 2.45) is 5.73 Å². The first-order valence-corrected chi connectivity index (χ1v) is 5.83. The second kappa shape index (κ2) is 4.70. The molecule has 0 fully saturated rings. The normalized spacial score (nSPS) is 19.4. The van der Waals surface area contributed by atoms with Crippen LogP contribution in [-0.2, 0) is 17.8 Å². The number of carbonyl (C=O) groups excluding carboxylic acids is 1. The average molecular weight is 222 g/mol. The van der Waals surface area contributed by atoms with Crippen LogP contribution in [0, 0.1) is 0 Å². The minimum Gasteiger partial charge on any atom is -0.388 e. The third-order valence-corrected chi connectivity index (χ3v) is 3.19. The van der Waals surface area contributed by atoms with Crippen LogP contribution in [0.1, 0.15) is 43.0 Å². The molecule has 0 spiro atoms. The van der Waals surface area contributed by atoms with Crippen molar-refractivity contribution in [1.82, 2.24) is 4.57 Å². The number of carbonyl (C=O) groups is 1. The van der Waals surface area contributed by atoms with Gasteiger partial charge in [0, 0.05) is 30.4 Å². The Morgan fingerprint density at radius 3 is 3.19 bits per heavy atom. The lowest BCUT2D eigenvalue weighted by Gasteiger charge is -2.20. The Balaban J connectivity index is 2.02. The van der Waals surface area contributed by atoms with Gasteiger partial charge in [0.25, 0.3) is 0 Å². The highest BCUT2D eigenvalue weighted by atomic mass is 16.3. The molecule has 0 radical (unpaired) electrons. The molecule has 0 aliphatic heterocycles. The van der Waals surface area contributed by atoms with Crippen LogP contribution < -0.4 is 5.73 Å². The zero-order valence-corrected chi connectivity index (χ0v) is 9.35. The highest BCUT2D eigenvalue weighted by Crippen LogP contribution is 2.30. The van der Waals surface area contributed by atoms with Gasteiger partial charge >= 0.3 is 0 Å². The van der Waals surface area contributed by atoms with Gasteiger partial charge in [-0.2, -0.15) is 0 Å². The molecule has 0 saturated carbocycles. The monoisotopic (exact) mass is 222 g/mol. The molecule has 4 nitrogen and oxygen atoms in total. The minimum atomic E-state index is -0.304. The van der Waals surface area contributed by atoms with Gasteiger partial charge in [-0.1, -0.05) is 0 Å². The largest absolute Gasteiger partial charge is 0.388 e. The third-order valence-electron chi connectivity index (χ3n) is 3.19. The summed E-state index contributed by atoms with van der Waals surface area (Å²) in [5, 5.41) is 9.80. The van der Waals surface area contributed by atoms with Crippen molar-refractivity contribution in [2.75, 3.05) is 0 Å². The van der Waals surface area contributed by atoms with Crippen molar-refractivity contribution in [3.8, 4) is 0 Å². The molecule has 3 N–H and O–H groups in total. The van der Waals surface area contributed by atoms with Gasteiger partial charge in [0.05, 0.1) is 6.10 Å². The van der Waals surface area contributed by atoms with Crippen LogP contribution in [0.2, 0.25) is 0 Å². The van der Waals surface area contributed by atoms with Crippen molar-refractivity contribution < 1.29 is 9.90 Å². The Hall–Kier alpha value is -1.29. The molecular formula is C12H18N2O2. The molecule has 1 unspecified atom stereocenters. The number of rotatable bonds is 4. The second-order valence-corrected chi connectivity index (χ2v) is 4.39. The zero-order chi connectivity index (χ0) is 11.5. The molecule has 0 aromatic carbocycles. The van der Waals surface area contributed by atoms with Gasteiger partial charge in [-0.3, -0.25) is 4.79 Å². The lowest BCUT2D eigenvalue weighted by Crippen LogP contribution is -2.14. The second-order valence-electron chi connectivity index (χ2n) is 4.39. The van der Waals surface area contributed by atoms with Crippen LogP contribution in [0.5, 0.6) is 0 Å². The fourth-order valence-electron chi connectivity index (χ4n) is 2.37. The maximum atomic E-state index is 10.6. The number of aliphatic hydroxyl groups is 1. The van der Waals surface area contributed by atoms with E-state index < -0.39 is 0 Å². The summed E-state index contributed by atoms with van der Waals surface area (Å²) in [5.74, 6) is -0.249. The molecule has 2 rings (SSSR count). The number of aliphatic hydroxyl groups excluding tert-OH is 1. The summed E-state index contributed by atoms with van der Waals surface area (Å²) in [6.45, 7) is 0.811. The Morgan fingerprint density at radius 1 is 1.62 bits per heavy atom. The van der Waals surface area contributed by atoms with Crippen molar-refractivity contribution in [1.29, 1.82) is 0 Å². The van der Waals surface area contributed by atoms with E-state index in [-0.39, 0.29) is 12.0 Å². The fraction of sp³-hybridized carbons (Fsp3) is 0.583. The molecule has 16 heavy (non-hydrogen) atoms. The van der Waals surface area contributed by atoms with E-state index in [1.807, 2.05) is 12.3 Å². The van der Waals surface area contributed by atoms with Gasteiger partial charge in [-0.05, 0) is 31.7 Å². The van der Waals surface area contributed by atoms with Crippen LogP contribution >= 0.6 is 0 Å². The van der Waals surface area contributed by atoms with Gasteiger partial charge in [0.1, 0.15) is 0 Å². The van der Waals surface area contributed by atoms with Crippen LogP contribution in [0.15, 0.2) is 12.3 Å². The molecule has 88 valence electrons. The minimum absolute atomic E-state index is 0.249. The first-order chi connectivity index (χ1) is 7.68. The number of aromatic nitrogens is 1. The maximum absolute atomic E-state index is 10.6. The predicted octanol–water partition coefficient (Wildman–Crippen LogP) is 1.12. The standard InChI is InChI=1S/C12H18N2O2/c13-12(16)5-2-7-14-8-6-9-10(14)3-1-4-11(9)15/h6,8,11,15H,1-5,7H2,(H2,13,16). The smallest absolute Gasteiger partial charge is 0.217 e. The van der Waals surface area contributed by atoms with E-state index in [1.165, 1.54) is 5.69 Å². The highest BCUT2D eigenvalue weighted by Gasteiger charge is 2.20. The number of hydrogen-bond donors (Lipinski definition) is 2. The molecule has 1 amide bonds. The van der Waals surface area contributed by atoms with Crippen LogP contribution in [0.3, 0.4) is 0 Å². The number of nitrogens with zero attached hydrogens (tertiary/aromatic N) is 1. The number of primary amides is 1. The molecule has 1 aliphatic rings. The fourth-order valence-corrected chi connectivity index (χ4v) is 2.37. The van der Waals surface area contributed by atoms with Gasteiger partial charge in [0.2, 0.25) is 5.91 Å². The first kappa shape index (κ1) is 11.2. The summed E-state index contributed by atoms with van der Waals surface area (Å²) < 4.78 is 2.14. The summed E-state index contributed by atoms with van der Waals surface area (Å²) in [5.41, 5.74) is 7.39. The number of amides is 1. The molecule has 1 aromatic heterocycles. The van der Waals surface area contributed by atoms with Gasteiger partial charge in [-0.15, -0.1) is 0 Å². The molecule has 0 saturated heterocycles. The first-order valence-electron chi connectivity index (χ1n) is 5.83. The summed E-state index contributed by atoms with van der Waals surface area (Å²) in [6.07, 6.45) is 5.81. The molecule has 0 bridgehead atoms. The van der Waals surface area contributed by atoms with E-state index in [9.17, 15) is 9.90 Å². The van der Waals surface area contributed by atoms with E-state index in [2.05, 4.69) is 4.57 Å². The van der Waals surface area contributed by atoms with E-state index in [0.29, 0.717) is 6.42 Å². The predicted molar refractivity (Wildman–Crippen MR) is 60.8 cm³/mol. The van der Waals surface area contributed by atoms with Crippen LogP contribution in [0.4, 0.5) is 0 Å². The van der Waals surface area contributed by atoms with Gasteiger partial charge in [-0.25, -0.2) is 0 Å². The van der Waals surface area contributed by atoms with Crippen molar-refractivity contribution >= 4 is 5.91 Å². The molecular weight excluding hydrogens is 204 g/mol. The number of fused-ring (bicyclic) bond motifs is 1. The van der Waals surface area contributed by atoms with E-state index in [1.54, 1.807) is 0 Å². The summed E-state index contributed by atoms with van der Waals surface area (Å²) in [4.78, 5) is 10.6. The number of aryl methyl sites for hydroxylation is 1. The van der Waals surface area contributed by atoms with Gasteiger partial charge in [0.15, 0.2) is 0 Å². The summed E-state index contributed by atoms with van der Waals surface area (Å²) in [6, 6.07) is 1.99. The molecule has 1 atom stereocenters. The molecule has 1 aromatic rings. The van der Waals surface area contributed by atoms with Crippen molar-refractivity contribution in [3.05, 3.63) is 23.5 Å². The average Bonchev–Trinajstić information content (AvgIpc) is 2.63.